The van der Waals surface area contributed by atoms with Crippen molar-refractivity contribution in [2.75, 3.05) is 36.0 Å². The van der Waals surface area contributed by atoms with Gasteiger partial charge in [0.2, 0.25) is 0 Å². The lowest BCUT2D eigenvalue weighted by atomic mass is 9.74. The minimum absolute atomic E-state index is 0.0113. The van der Waals surface area contributed by atoms with E-state index < -0.39 is 17.5 Å². The molecule has 5 heterocycles. The fourth-order valence-electron chi connectivity index (χ4n) is 7.94. The Bertz CT molecular complexity index is 1810. The predicted octanol–water partition coefficient (Wildman–Crippen LogP) is 8.18. The van der Waals surface area contributed by atoms with E-state index >= 15 is 0 Å². The monoisotopic (exact) mass is 672 g/mol. The molecular weight excluding hydrogens is 646 g/mol. The molecule has 1 N–H and O–H groups in total. The lowest BCUT2D eigenvalue weighted by Crippen LogP contribution is -2.38. The molecule has 3 aromatic rings. The summed E-state index contributed by atoms with van der Waals surface area (Å²) in [5.74, 6) is -0.193. The highest BCUT2D eigenvalue weighted by molar-refractivity contribution is 6.53. The number of hydrogen-bond acceptors (Lipinski definition) is 6. The number of anilines is 2. The lowest BCUT2D eigenvalue weighted by molar-refractivity contribution is -0.137. The van der Waals surface area contributed by atoms with Crippen LogP contribution in [-0.4, -0.2) is 43.2 Å². The van der Waals surface area contributed by atoms with Crippen molar-refractivity contribution >= 4 is 69.7 Å². The maximum Gasteiger partial charge on any atom is 0.341 e. The normalized spacial score (nSPS) is 20.8. The second-order valence-electron chi connectivity index (χ2n) is 12.2. The van der Waals surface area contributed by atoms with Gasteiger partial charge in [-0.25, -0.2) is 4.79 Å². The maximum atomic E-state index is 13.8. The van der Waals surface area contributed by atoms with Gasteiger partial charge in [-0.1, -0.05) is 46.4 Å². The number of nitrogens with zero attached hydrogens (tertiary/aromatic N) is 2. The van der Waals surface area contributed by atoms with E-state index in [1.165, 1.54) is 11.3 Å². The second kappa shape index (κ2) is 10.3. The molecular formula is C33H28Cl4N2O5. The number of hydrogen-bond donors (Lipinski definition) is 1. The third-order valence-electron chi connectivity index (χ3n) is 9.73. The molecule has 44 heavy (non-hydrogen) atoms. The van der Waals surface area contributed by atoms with Gasteiger partial charge in [0.15, 0.2) is 5.60 Å². The largest absolute Gasteiger partial charge is 0.481 e. The second-order valence-corrected chi connectivity index (χ2v) is 13.7. The van der Waals surface area contributed by atoms with Crippen LogP contribution < -0.4 is 14.5 Å². The van der Waals surface area contributed by atoms with E-state index in [0.717, 1.165) is 80.5 Å². The van der Waals surface area contributed by atoms with Gasteiger partial charge in [-0.3, -0.25) is 4.79 Å². The number of aryl methyl sites for hydroxylation is 2. The molecule has 3 aromatic carbocycles. The molecule has 0 saturated heterocycles. The van der Waals surface area contributed by atoms with Crippen LogP contribution in [0.2, 0.25) is 20.1 Å². The zero-order valence-corrected chi connectivity index (χ0v) is 26.7. The molecule has 228 valence electrons. The van der Waals surface area contributed by atoms with Crippen LogP contribution in [-0.2, 0) is 34.4 Å². The predicted molar refractivity (Wildman–Crippen MR) is 171 cm³/mol. The minimum atomic E-state index is -1.45. The van der Waals surface area contributed by atoms with Gasteiger partial charge in [-0.2, -0.15) is 0 Å². The number of halogens is 4. The van der Waals surface area contributed by atoms with Crippen molar-refractivity contribution in [3.05, 3.63) is 77.2 Å². The third kappa shape index (κ3) is 3.95. The zero-order valence-electron chi connectivity index (χ0n) is 23.7. The molecule has 7 nitrogen and oxygen atoms in total. The average molecular weight is 674 g/mol. The van der Waals surface area contributed by atoms with Crippen LogP contribution in [0.25, 0.3) is 0 Å². The van der Waals surface area contributed by atoms with Crippen LogP contribution in [0.4, 0.5) is 11.4 Å². The van der Waals surface area contributed by atoms with Crippen LogP contribution in [0.1, 0.15) is 75.8 Å². The molecule has 1 atom stereocenters. The van der Waals surface area contributed by atoms with Crippen molar-refractivity contribution in [2.45, 2.75) is 57.0 Å². The first-order valence-electron chi connectivity index (χ1n) is 15.1. The molecule has 0 fully saturated rings. The summed E-state index contributed by atoms with van der Waals surface area (Å²) in [4.78, 5) is 29.7. The van der Waals surface area contributed by atoms with Crippen molar-refractivity contribution in [1.29, 1.82) is 0 Å². The van der Waals surface area contributed by atoms with Crippen LogP contribution in [0.5, 0.6) is 11.5 Å². The Morgan fingerprint density at radius 3 is 2.39 bits per heavy atom. The fourth-order valence-corrected chi connectivity index (χ4v) is 9.00. The molecule has 0 aliphatic carbocycles. The van der Waals surface area contributed by atoms with Crippen molar-refractivity contribution < 1.29 is 24.2 Å². The summed E-state index contributed by atoms with van der Waals surface area (Å²) < 4.78 is 13.4. The van der Waals surface area contributed by atoms with E-state index in [4.69, 9.17) is 55.9 Å². The molecule has 8 rings (SSSR count). The number of carboxylic acids is 1. The number of aliphatic carboxylic acids is 1. The van der Waals surface area contributed by atoms with E-state index in [1.54, 1.807) is 0 Å². The Kier molecular flexibility index (Phi) is 6.73. The topological polar surface area (TPSA) is 79.3 Å². The van der Waals surface area contributed by atoms with Crippen LogP contribution in [0.15, 0.2) is 18.2 Å². The number of benzene rings is 3. The van der Waals surface area contributed by atoms with Gasteiger partial charge < -0.3 is 24.4 Å². The summed E-state index contributed by atoms with van der Waals surface area (Å²) in [6.07, 6.45) is 6.10. The Balaban J connectivity index is 1.41. The number of rotatable bonds is 4. The van der Waals surface area contributed by atoms with Gasteiger partial charge in [0.1, 0.15) is 11.5 Å². The van der Waals surface area contributed by atoms with Gasteiger partial charge in [0, 0.05) is 72.3 Å². The zero-order chi connectivity index (χ0) is 30.5. The minimum Gasteiger partial charge on any atom is -0.481 e. The molecule has 0 aromatic heterocycles. The van der Waals surface area contributed by atoms with Crippen molar-refractivity contribution in [3.8, 4) is 11.5 Å². The number of ether oxygens (including phenoxy) is 2. The Morgan fingerprint density at radius 1 is 0.886 bits per heavy atom. The number of fused-ring (bicyclic) bond motifs is 8. The lowest BCUT2D eigenvalue weighted by Gasteiger charge is -2.43. The van der Waals surface area contributed by atoms with E-state index in [-0.39, 0.29) is 32.1 Å². The SMILES string of the molecule is O=C(O)CCCN1CCCc2cc3c(cc21)Oc1c(cc2c4c1CCCN4CCC2)C31OC(=O)c2c(Cl)c(Cl)c(Cl)c(Cl)c21. The molecule has 11 heteroatoms. The van der Waals surface area contributed by atoms with Crippen molar-refractivity contribution in [1.82, 2.24) is 0 Å². The molecule has 5 aliphatic heterocycles. The van der Waals surface area contributed by atoms with E-state index in [2.05, 4.69) is 21.9 Å². The van der Waals surface area contributed by atoms with Gasteiger partial charge in [0.25, 0.3) is 0 Å². The van der Waals surface area contributed by atoms with E-state index in [1.807, 2.05) is 6.07 Å². The first kappa shape index (κ1) is 28.6. The summed E-state index contributed by atoms with van der Waals surface area (Å²) in [5.41, 5.74) is 6.03. The highest BCUT2D eigenvalue weighted by atomic mass is 35.5. The smallest absolute Gasteiger partial charge is 0.341 e. The van der Waals surface area contributed by atoms with E-state index in [9.17, 15) is 14.7 Å². The number of carbonyl (C=O) groups excluding carboxylic acids is 1. The van der Waals surface area contributed by atoms with Crippen LogP contribution in [0.3, 0.4) is 0 Å². The average Bonchev–Trinajstić information content (AvgIpc) is 3.32. The number of esters is 1. The molecule has 0 amide bonds. The molecule has 0 bridgehead atoms. The third-order valence-corrected chi connectivity index (χ3v) is 11.5. The summed E-state index contributed by atoms with van der Waals surface area (Å²) >= 11 is 26.9. The maximum absolute atomic E-state index is 13.8. The first-order chi connectivity index (χ1) is 21.2. The highest BCUT2D eigenvalue weighted by Gasteiger charge is 2.57. The fraction of sp³-hybridized carbons (Fsp3) is 0.394. The summed E-state index contributed by atoms with van der Waals surface area (Å²) in [5, 5.41) is 9.44. The molecule has 1 spiro atoms. The molecule has 0 saturated carbocycles. The quantitative estimate of drug-likeness (QED) is 0.170. The number of carbonyl (C=O) groups is 2. The summed E-state index contributed by atoms with van der Waals surface area (Å²) in [6.45, 7) is 3.41. The highest BCUT2D eigenvalue weighted by Crippen LogP contribution is 2.63. The first-order valence-corrected chi connectivity index (χ1v) is 16.6. The Labute approximate surface area is 274 Å². The van der Waals surface area contributed by atoms with Gasteiger partial charge >= 0.3 is 11.9 Å². The molecule has 1 unspecified atom stereocenters. The van der Waals surface area contributed by atoms with Crippen LogP contribution >= 0.6 is 46.4 Å². The van der Waals surface area contributed by atoms with Crippen molar-refractivity contribution in [2.24, 2.45) is 0 Å². The van der Waals surface area contributed by atoms with Gasteiger partial charge in [-0.05, 0) is 68.2 Å². The summed E-state index contributed by atoms with van der Waals surface area (Å²) in [7, 11) is 0. The molecule has 5 aliphatic rings. The standard InChI is InChI=1S/C33H28Cl4N2O5/c34-26-24-25(27(35)29(37)28(26)36)33(44-32(24)42)19-13-16-5-1-9-38(10-4-8-23(40)41)21(16)15-22(19)43-31-18-7-3-12-39-11-2-6-17(30(18)39)14-20(31)33/h13-15H,1-12H2,(H,40,41). The van der Waals surface area contributed by atoms with Crippen LogP contribution in [0, 0.1) is 0 Å². The van der Waals surface area contributed by atoms with Gasteiger partial charge in [-0.15, -0.1) is 0 Å². The van der Waals surface area contributed by atoms with Gasteiger partial charge in [0.05, 0.1) is 25.7 Å². The van der Waals surface area contributed by atoms with E-state index in [0.29, 0.717) is 35.6 Å². The summed E-state index contributed by atoms with van der Waals surface area (Å²) in [6, 6.07) is 6.20. The Hall–Kier alpha value is -2.84. The van der Waals surface area contributed by atoms with Crippen molar-refractivity contribution in [3.63, 3.8) is 0 Å². The Morgan fingerprint density at radius 2 is 1.59 bits per heavy atom. The number of carboxylic acid groups (broad SMARTS) is 1. The molecule has 0 radical (unpaired) electrons.